The standard InChI is InChI=1S/C13H24N5O7P.C9H16N5O7P.C8H11IN4O4.C8H11N7O4.C8H13N5O4/c1-3-23-26(22,24-4-2)7-15-5-8-9(19)10(20)13(25-8)18-6-16-12(17-18)11(14)21;10-7(17)8-12-2-14(13-8)9-6(16)5(15)4(21-9)1-11-3-22(18,19)20;9-1-3-4(14)5(15)8(17-3)13-2-11-7(12-13)6(10)16;9-6(18)7-11-2-15(13-7)8-5(17)4(16)3(19-8)1-12-14-10;9-1-3-4(14)5(15)8(17-3)13-2-11-7(12-13)6(10)16/h6,8-10,13,15,19-20H,3-5,7H2,1-2H3,(H2,14,21);2,4-6,9,11,15-16H,1,3H2,(H2,10,17)(H2,18,19,20);2-5,8,14-15H,1H2,(H2,10,16);2-5,8,16-17H,1H2,(H2,9,18);2-5,8,14-15H,1,9H2,(H2,10,16)/t8-,9+,10?,13-;4-,5+,6?,9-;3*3-,4+,5?,8-/m11111/s1. The third-order valence-corrected chi connectivity index (χ3v) is 17.7. The minimum Gasteiger partial charge on any atom is -0.388 e. The van der Waals surface area contributed by atoms with Crippen LogP contribution in [0, 0.1) is 0 Å². The van der Waals surface area contributed by atoms with E-state index in [-0.39, 0.29) is 74.8 Å². The van der Waals surface area contributed by atoms with Crippen LogP contribution in [0.15, 0.2) is 36.8 Å². The normalized spacial score (nSPS) is 29.8. The molecule has 5 aliphatic heterocycles. The Hall–Kier alpha value is -7.33. The van der Waals surface area contributed by atoms with Crippen LogP contribution >= 0.6 is 37.8 Å². The molecule has 0 radical (unpaired) electrons. The molecule has 5 amide bonds. The van der Waals surface area contributed by atoms with Gasteiger partial charge < -0.3 is 139 Å². The van der Waals surface area contributed by atoms with Crippen LogP contribution in [0.3, 0.4) is 0 Å². The van der Waals surface area contributed by atoms with Gasteiger partial charge in [0.25, 0.3) is 29.5 Å². The van der Waals surface area contributed by atoms with E-state index in [9.17, 15) is 84.2 Å². The summed E-state index contributed by atoms with van der Waals surface area (Å²) in [6.07, 6.45) is -15.6. The van der Waals surface area contributed by atoms with E-state index < -0.39 is 174 Å². The van der Waals surface area contributed by atoms with E-state index in [2.05, 4.69) is 71.1 Å². The predicted octanol–water partition coefficient (Wildman–Crippen LogP) is -10.8. The molecule has 5 unspecified atom stereocenters. The lowest BCUT2D eigenvalue weighted by Crippen LogP contribution is -2.38. The van der Waals surface area contributed by atoms with Gasteiger partial charge in [0, 0.05) is 29.0 Å². The molecule has 0 aliphatic carbocycles. The summed E-state index contributed by atoms with van der Waals surface area (Å²) in [5, 5.41) is 126. The fraction of sp³-hybridized carbons (Fsp3) is 0.674. The Bertz CT molecular complexity index is 3600. The number of aliphatic hydroxyl groups excluding tert-OH is 10. The van der Waals surface area contributed by atoms with Gasteiger partial charge in [-0.2, -0.15) is 0 Å². The molecule has 5 aliphatic rings. The second kappa shape index (κ2) is 37.2. The van der Waals surface area contributed by atoms with Gasteiger partial charge >= 0.3 is 15.2 Å². The monoisotopic (exact) mass is 1600 g/mol. The molecule has 26 N–H and O–H groups in total. The lowest BCUT2D eigenvalue weighted by molar-refractivity contribution is -0.0436. The van der Waals surface area contributed by atoms with Gasteiger partial charge in [0.05, 0.1) is 44.5 Å². The lowest BCUT2D eigenvalue weighted by atomic mass is 10.1. The average molecular weight is 1600 g/mol. The highest BCUT2D eigenvalue weighted by Crippen LogP contribution is 2.47. The van der Waals surface area contributed by atoms with Crippen molar-refractivity contribution >= 4 is 67.3 Å². The van der Waals surface area contributed by atoms with Crippen molar-refractivity contribution in [2.75, 3.05) is 56.4 Å². The highest BCUT2D eigenvalue weighted by atomic mass is 127. The molecule has 0 aromatic carbocycles. The summed E-state index contributed by atoms with van der Waals surface area (Å²) in [6, 6.07) is 0. The number of aromatic nitrogens is 15. The van der Waals surface area contributed by atoms with Gasteiger partial charge in [0.2, 0.25) is 29.1 Å². The van der Waals surface area contributed by atoms with Crippen molar-refractivity contribution in [1.29, 1.82) is 0 Å². The number of primary amides is 5. The zero-order valence-electron chi connectivity index (χ0n) is 52.7. The summed E-state index contributed by atoms with van der Waals surface area (Å²) in [7, 11) is -7.51. The molecule has 562 valence electrons. The number of nitrogens with one attached hydrogen (secondary N) is 2. The van der Waals surface area contributed by atoms with E-state index in [1.165, 1.54) is 23.7 Å². The number of azide groups is 1. The van der Waals surface area contributed by atoms with Gasteiger partial charge in [-0.05, 0) is 19.4 Å². The second-order valence-corrected chi connectivity index (χ2v) is 26.0. The summed E-state index contributed by atoms with van der Waals surface area (Å²) >= 11 is 2.04. The number of alkyl halides is 1. The SMILES string of the molecule is CCOP(=O)(CNC[C@H]1O[C@@H](n2cnc(C(N)=O)n2)C(O)[C@H]1O)OCC.NC(=O)c1ncn([C@@H]2O[C@H](CI)[C@H](O)C2O)n1.NC(=O)c1ncn([C@@H]2O[C@H](CNCP(=O)(O)O)[C@H](O)C2O)n1.NC[C@H]1O[C@@H](n2cnc(C(N)=O)n2)C(O)[C@H]1O.[N-]=[N+]=NC[C@H]1O[C@@H](n2cnc(C(N)=O)n2)C(O)[C@H]1O. The van der Waals surface area contributed by atoms with Crippen molar-refractivity contribution in [1.82, 2.24) is 84.5 Å². The maximum atomic E-state index is 12.4. The number of amides is 5. The molecule has 5 aromatic rings. The third-order valence-electron chi connectivity index (χ3n) is 14.3. The van der Waals surface area contributed by atoms with Crippen molar-refractivity contribution in [3.8, 4) is 0 Å². The number of aliphatic hydroxyl groups is 10. The van der Waals surface area contributed by atoms with Crippen LogP contribution in [0.4, 0.5) is 0 Å². The average Bonchev–Trinajstić information content (AvgIpc) is 1.66. The molecule has 10 rings (SSSR count). The Kier molecular flexibility index (Phi) is 30.4. The molecule has 0 saturated carbocycles. The lowest BCUT2D eigenvalue weighted by Gasteiger charge is -2.20. The number of nitrogens with zero attached hydrogens (tertiary/aromatic N) is 18. The van der Waals surface area contributed by atoms with Crippen molar-refractivity contribution in [3.05, 3.63) is 71.2 Å². The van der Waals surface area contributed by atoms with E-state index >= 15 is 0 Å². The number of carbonyl (C=O) groups excluding carboxylic acids is 5. The zero-order valence-corrected chi connectivity index (χ0v) is 56.6. The van der Waals surface area contributed by atoms with Crippen molar-refractivity contribution in [2.45, 2.75) is 137 Å². The Morgan fingerprint density at radius 1 is 0.495 bits per heavy atom. The van der Waals surface area contributed by atoms with Crippen LogP contribution in [0.25, 0.3) is 10.4 Å². The van der Waals surface area contributed by atoms with Gasteiger partial charge in [-0.25, -0.2) is 48.3 Å². The van der Waals surface area contributed by atoms with Gasteiger partial charge in [-0.1, -0.05) is 27.7 Å². The van der Waals surface area contributed by atoms with Gasteiger partial charge in [0.1, 0.15) is 111 Å². The maximum absolute atomic E-state index is 12.4. The van der Waals surface area contributed by atoms with Crippen LogP contribution in [0.2, 0.25) is 0 Å². The van der Waals surface area contributed by atoms with Crippen LogP contribution in [-0.4, -0.2) is 312 Å². The van der Waals surface area contributed by atoms with E-state index in [0.717, 1.165) is 31.4 Å². The van der Waals surface area contributed by atoms with Crippen molar-refractivity contribution in [3.63, 3.8) is 0 Å². The number of carbonyl (C=O) groups is 5. The minimum absolute atomic E-state index is 0.0616. The minimum atomic E-state index is -4.23. The largest absolute Gasteiger partial charge is 0.388 e. The first-order valence-corrected chi connectivity index (χ1v) is 34.4. The summed E-state index contributed by atoms with van der Waals surface area (Å²) in [4.78, 5) is 92.7. The first-order chi connectivity index (χ1) is 47.6. The Morgan fingerprint density at radius 2 is 0.762 bits per heavy atom. The smallest absolute Gasteiger partial charge is 0.344 e. The first kappa shape index (κ1) is 82.6. The number of halogens is 1. The highest BCUT2D eigenvalue weighted by Gasteiger charge is 2.48. The van der Waals surface area contributed by atoms with E-state index in [1.54, 1.807) is 13.8 Å². The zero-order chi connectivity index (χ0) is 75.0. The summed E-state index contributed by atoms with van der Waals surface area (Å²) < 4.78 is 66.4. The molecule has 5 fully saturated rings. The fourth-order valence-corrected chi connectivity index (χ4v) is 12.0. The van der Waals surface area contributed by atoms with Crippen LogP contribution in [-0.2, 0) is 41.9 Å². The highest BCUT2D eigenvalue weighted by molar-refractivity contribution is 14.1. The van der Waals surface area contributed by atoms with E-state index in [4.69, 9.17) is 82.5 Å². The molecule has 55 heteroatoms. The van der Waals surface area contributed by atoms with Crippen molar-refractivity contribution < 1.29 is 127 Å². The molecule has 10 heterocycles. The summed E-state index contributed by atoms with van der Waals surface area (Å²) in [6.45, 7) is 3.78. The maximum Gasteiger partial charge on any atom is 0.344 e. The number of nitrogens with two attached hydrogens (primary N) is 6. The fourth-order valence-electron chi connectivity index (χ4n) is 9.44. The van der Waals surface area contributed by atoms with Gasteiger partial charge in [-0.15, -0.1) is 25.5 Å². The molecule has 5 saturated heterocycles. The molecule has 0 bridgehead atoms. The van der Waals surface area contributed by atoms with Crippen LogP contribution < -0.4 is 45.0 Å². The number of rotatable bonds is 26. The first-order valence-electron chi connectivity index (χ1n) is 29.4. The molecule has 52 nitrogen and oxygen atoms in total. The molecule has 5 aromatic heterocycles. The van der Waals surface area contributed by atoms with Gasteiger partial charge in [-0.3, -0.25) is 33.1 Å². The number of hydrogen-bond acceptors (Lipinski definition) is 38. The quantitative estimate of drug-likeness (QED) is 0.00610. The Balaban J connectivity index is 0.000000200. The second-order valence-electron chi connectivity index (χ2n) is 21.4. The van der Waals surface area contributed by atoms with Gasteiger partial charge in [0.15, 0.2) is 31.1 Å². The van der Waals surface area contributed by atoms with Crippen molar-refractivity contribution in [2.24, 2.45) is 39.5 Å². The number of ether oxygens (including phenoxy) is 5. The summed E-state index contributed by atoms with van der Waals surface area (Å²) in [5.74, 6) is -5.13. The third kappa shape index (κ3) is 21.6. The topological polar surface area (TPSA) is 809 Å². The molecule has 0 spiro atoms. The Labute approximate surface area is 580 Å². The van der Waals surface area contributed by atoms with E-state index in [0.29, 0.717) is 4.43 Å². The van der Waals surface area contributed by atoms with Crippen LogP contribution in [0.5, 0.6) is 0 Å². The van der Waals surface area contributed by atoms with Crippen LogP contribution in [0.1, 0.15) is 98.1 Å². The molecule has 20 atom stereocenters. The summed E-state index contributed by atoms with van der Waals surface area (Å²) in [5.41, 5.74) is 38.7. The number of hydrogen-bond donors (Lipinski definition) is 20. The molecular weight excluding hydrogens is 1520 g/mol. The predicted molar refractivity (Wildman–Crippen MR) is 333 cm³/mol. The molecule has 101 heavy (non-hydrogen) atoms. The Morgan fingerprint density at radius 3 is 1.01 bits per heavy atom. The molecular formula is C46H75IN26O26P2. The van der Waals surface area contributed by atoms with E-state index in [1.807, 2.05) is 22.6 Å².